The summed E-state index contributed by atoms with van der Waals surface area (Å²) in [4.78, 5) is 20.5. The number of carboxylic acid groups (broad SMARTS) is 1. The molecule has 0 aromatic heterocycles. The molecular formula is C21H33NO4. The molecular weight excluding hydrogens is 330 g/mol. The van der Waals surface area contributed by atoms with Crippen LogP contribution in [0.3, 0.4) is 0 Å². The zero-order chi connectivity index (χ0) is 20.4. The van der Waals surface area contributed by atoms with Crippen molar-refractivity contribution in [1.29, 1.82) is 5.26 Å². The van der Waals surface area contributed by atoms with Crippen LogP contribution >= 0.6 is 0 Å². The Bertz CT molecular complexity index is 523. The number of Topliss-reactive ketones (excluding diaryl/α,β-unsaturated/α-hetero) is 1. The number of para-hydroxylation sites is 1. The predicted molar refractivity (Wildman–Crippen MR) is 104 cm³/mol. The Morgan fingerprint density at radius 2 is 1.73 bits per heavy atom. The number of carboxylic acids is 1. The molecule has 2 unspecified atom stereocenters. The van der Waals surface area contributed by atoms with Crippen LogP contribution in [0.4, 0.5) is 0 Å². The van der Waals surface area contributed by atoms with Gasteiger partial charge in [-0.05, 0) is 44.2 Å². The van der Waals surface area contributed by atoms with Gasteiger partial charge in [-0.15, -0.1) is 0 Å². The minimum Gasteiger partial charge on any atom is -0.497 e. The number of hydrogen-bond acceptors (Lipinski definition) is 4. The van der Waals surface area contributed by atoms with Crippen molar-refractivity contribution in [2.75, 3.05) is 7.11 Å². The van der Waals surface area contributed by atoms with E-state index in [0.29, 0.717) is 5.92 Å². The van der Waals surface area contributed by atoms with Crippen molar-refractivity contribution in [3.8, 4) is 11.8 Å². The smallest absolute Gasteiger partial charge is 0.306 e. The molecule has 0 heterocycles. The topological polar surface area (TPSA) is 87.4 Å². The molecule has 0 aliphatic heterocycles. The SMILES string of the molecule is CC(=O)CC#N.CCC(C)CCC(CC)C(=O)O.COc1ccccc1. The third kappa shape index (κ3) is 16.5. The van der Waals surface area contributed by atoms with Gasteiger partial charge in [-0.25, -0.2) is 0 Å². The predicted octanol–water partition coefficient (Wildman–Crippen LogP) is 5.11. The summed E-state index contributed by atoms with van der Waals surface area (Å²) in [5.41, 5.74) is 0. The Balaban J connectivity index is 0. The van der Waals surface area contributed by atoms with E-state index in [-0.39, 0.29) is 18.1 Å². The van der Waals surface area contributed by atoms with Crippen molar-refractivity contribution in [2.24, 2.45) is 11.8 Å². The number of hydrogen-bond donors (Lipinski definition) is 1. The molecule has 0 fully saturated rings. The van der Waals surface area contributed by atoms with Gasteiger partial charge in [0.1, 0.15) is 11.5 Å². The van der Waals surface area contributed by atoms with Gasteiger partial charge in [0.2, 0.25) is 0 Å². The van der Waals surface area contributed by atoms with Crippen LogP contribution in [0.1, 0.15) is 59.8 Å². The van der Waals surface area contributed by atoms with E-state index in [2.05, 4.69) is 13.8 Å². The summed E-state index contributed by atoms with van der Waals surface area (Å²) in [6.07, 6.45) is 3.82. The molecule has 0 spiro atoms. The number of ketones is 1. The number of carbonyl (C=O) groups excluding carboxylic acids is 1. The van der Waals surface area contributed by atoms with Gasteiger partial charge in [0.15, 0.2) is 0 Å². The van der Waals surface area contributed by atoms with Gasteiger partial charge in [0.25, 0.3) is 0 Å². The van der Waals surface area contributed by atoms with Crippen molar-refractivity contribution >= 4 is 11.8 Å². The maximum atomic E-state index is 10.6. The highest BCUT2D eigenvalue weighted by Crippen LogP contribution is 2.17. The van der Waals surface area contributed by atoms with Gasteiger partial charge in [0, 0.05) is 0 Å². The lowest BCUT2D eigenvalue weighted by Crippen LogP contribution is -2.13. The molecule has 0 bridgehead atoms. The van der Waals surface area contributed by atoms with E-state index in [1.165, 1.54) is 6.92 Å². The fourth-order valence-electron chi connectivity index (χ4n) is 1.86. The van der Waals surface area contributed by atoms with E-state index in [1.807, 2.05) is 37.3 Å². The average molecular weight is 363 g/mol. The lowest BCUT2D eigenvalue weighted by Gasteiger charge is -2.12. The third-order valence-electron chi connectivity index (χ3n) is 3.85. The van der Waals surface area contributed by atoms with E-state index in [1.54, 1.807) is 13.2 Å². The Morgan fingerprint density at radius 3 is 2.00 bits per heavy atom. The number of rotatable bonds is 8. The highest BCUT2D eigenvalue weighted by molar-refractivity contribution is 5.77. The second-order valence-corrected chi connectivity index (χ2v) is 6.09. The normalized spacial score (nSPS) is 11.4. The molecule has 1 N–H and O–H groups in total. The van der Waals surface area contributed by atoms with Crippen molar-refractivity contribution in [1.82, 2.24) is 0 Å². The first-order valence-corrected chi connectivity index (χ1v) is 9.00. The van der Waals surface area contributed by atoms with Crippen LogP contribution in [0.25, 0.3) is 0 Å². The number of methoxy groups -OCH3 is 1. The Labute approximate surface area is 158 Å². The molecule has 0 radical (unpaired) electrons. The van der Waals surface area contributed by atoms with Crippen LogP contribution in [0.15, 0.2) is 30.3 Å². The number of ether oxygens (including phenoxy) is 1. The summed E-state index contributed by atoms with van der Waals surface area (Å²) in [7, 11) is 1.66. The molecule has 26 heavy (non-hydrogen) atoms. The first-order valence-electron chi connectivity index (χ1n) is 9.00. The zero-order valence-corrected chi connectivity index (χ0v) is 16.7. The van der Waals surface area contributed by atoms with Gasteiger partial charge in [0.05, 0.1) is 25.5 Å². The van der Waals surface area contributed by atoms with Gasteiger partial charge in [-0.3, -0.25) is 9.59 Å². The number of aliphatic carboxylic acids is 1. The van der Waals surface area contributed by atoms with Crippen molar-refractivity contribution in [3.05, 3.63) is 30.3 Å². The molecule has 5 nitrogen and oxygen atoms in total. The van der Waals surface area contributed by atoms with Gasteiger partial charge < -0.3 is 9.84 Å². The molecule has 0 aliphatic carbocycles. The summed E-state index contributed by atoms with van der Waals surface area (Å²) < 4.78 is 4.91. The van der Waals surface area contributed by atoms with E-state index in [4.69, 9.17) is 15.1 Å². The van der Waals surface area contributed by atoms with Gasteiger partial charge >= 0.3 is 5.97 Å². The Hall–Kier alpha value is -2.35. The lowest BCUT2D eigenvalue weighted by atomic mass is 9.94. The molecule has 0 saturated heterocycles. The average Bonchev–Trinajstić information content (AvgIpc) is 2.63. The monoisotopic (exact) mass is 363 g/mol. The number of carbonyl (C=O) groups is 2. The summed E-state index contributed by atoms with van der Waals surface area (Å²) in [6, 6.07) is 11.4. The molecule has 1 aromatic rings. The molecule has 2 atom stereocenters. The molecule has 1 aromatic carbocycles. The van der Waals surface area contributed by atoms with E-state index >= 15 is 0 Å². The zero-order valence-electron chi connectivity index (χ0n) is 16.7. The second kappa shape index (κ2) is 17.5. The summed E-state index contributed by atoms with van der Waals surface area (Å²) >= 11 is 0. The molecule has 146 valence electrons. The quantitative estimate of drug-likeness (QED) is 0.693. The minimum absolute atomic E-state index is 0.0417. The first kappa shape index (κ1) is 25.9. The highest BCUT2D eigenvalue weighted by Gasteiger charge is 2.15. The summed E-state index contributed by atoms with van der Waals surface area (Å²) in [5.74, 6) is 0.739. The number of nitriles is 1. The van der Waals surface area contributed by atoms with E-state index in [0.717, 1.165) is 31.4 Å². The fourth-order valence-corrected chi connectivity index (χ4v) is 1.86. The van der Waals surface area contributed by atoms with Crippen molar-refractivity contribution in [3.63, 3.8) is 0 Å². The standard InChI is InChI=1S/C10H20O2.C7H8O.C4H5NO/c1-4-8(3)6-7-9(5-2)10(11)12;1-8-7-5-3-2-4-6-7;1-4(6)2-3-5/h8-9H,4-7H2,1-3H3,(H,11,12);2-6H,1H3;2H2,1H3. The first-order chi connectivity index (χ1) is 12.3. The van der Waals surface area contributed by atoms with Crippen LogP contribution in [0.5, 0.6) is 5.75 Å². The van der Waals surface area contributed by atoms with E-state index in [9.17, 15) is 9.59 Å². The largest absolute Gasteiger partial charge is 0.497 e. The maximum absolute atomic E-state index is 10.6. The van der Waals surface area contributed by atoms with Crippen LogP contribution in [0, 0.1) is 23.2 Å². The second-order valence-electron chi connectivity index (χ2n) is 6.09. The third-order valence-corrected chi connectivity index (χ3v) is 3.85. The summed E-state index contributed by atoms with van der Waals surface area (Å²) in [6.45, 7) is 7.65. The fraction of sp³-hybridized carbons (Fsp3) is 0.571. The molecule has 0 saturated carbocycles. The van der Waals surface area contributed by atoms with Crippen molar-refractivity contribution < 1.29 is 19.4 Å². The Morgan fingerprint density at radius 1 is 1.15 bits per heavy atom. The molecule has 1 rings (SSSR count). The van der Waals surface area contributed by atoms with Crippen molar-refractivity contribution in [2.45, 2.75) is 59.8 Å². The van der Waals surface area contributed by atoms with E-state index < -0.39 is 5.97 Å². The molecule has 0 amide bonds. The Kier molecular flexibility index (Phi) is 17.4. The number of nitrogens with zero attached hydrogens (tertiary/aromatic N) is 1. The van der Waals surface area contributed by atoms with Crippen LogP contribution in [-0.4, -0.2) is 24.0 Å². The minimum atomic E-state index is -0.638. The van der Waals surface area contributed by atoms with Gasteiger partial charge in [-0.1, -0.05) is 45.4 Å². The van der Waals surface area contributed by atoms with Gasteiger partial charge in [-0.2, -0.15) is 5.26 Å². The van der Waals surface area contributed by atoms with Crippen LogP contribution < -0.4 is 4.74 Å². The molecule has 5 heteroatoms. The molecule has 0 aliphatic rings. The number of benzene rings is 1. The lowest BCUT2D eigenvalue weighted by molar-refractivity contribution is -0.142. The summed E-state index contributed by atoms with van der Waals surface area (Å²) in [5, 5.41) is 16.5. The van der Waals surface area contributed by atoms with Crippen LogP contribution in [-0.2, 0) is 9.59 Å². The highest BCUT2D eigenvalue weighted by atomic mass is 16.5. The maximum Gasteiger partial charge on any atom is 0.306 e. The van der Waals surface area contributed by atoms with Crippen LogP contribution in [0.2, 0.25) is 0 Å².